The van der Waals surface area contributed by atoms with Crippen LogP contribution in [0.25, 0.3) is 0 Å². The number of hydroxylamine groups is 1. The van der Waals surface area contributed by atoms with Crippen molar-refractivity contribution in [3.8, 4) is 0 Å². The molecule has 1 rings (SSSR count). The quantitative estimate of drug-likeness (QED) is 0.427. The fourth-order valence-corrected chi connectivity index (χ4v) is 1.39. The Morgan fingerprint density at radius 3 is 2.71 bits per heavy atom. The number of H-pyrrole nitrogens is 1. The lowest BCUT2D eigenvalue weighted by molar-refractivity contribution is -0.141. The van der Waals surface area contributed by atoms with Crippen molar-refractivity contribution in [3.05, 3.63) is 18.2 Å². The number of nitrogens with one attached hydrogen (secondary N) is 3. The van der Waals surface area contributed by atoms with E-state index in [1.165, 1.54) is 13.8 Å². The molecular formula is C12H19N5O4. The molecule has 2 atom stereocenters. The van der Waals surface area contributed by atoms with Gasteiger partial charge in [-0.15, -0.1) is 0 Å². The molecule has 9 nitrogen and oxygen atoms in total. The van der Waals surface area contributed by atoms with Crippen molar-refractivity contribution < 1.29 is 19.2 Å². The number of nitrogens with zero attached hydrogens (tertiary/aromatic N) is 1. The van der Waals surface area contributed by atoms with E-state index in [-0.39, 0.29) is 18.8 Å². The molecule has 1 aromatic heterocycles. The van der Waals surface area contributed by atoms with E-state index < -0.39 is 23.9 Å². The summed E-state index contributed by atoms with van der Waals surface area (Å²) >= 11 is 0. The van der Waals surface area contributed by atoms with Crippen molar-refractivity contribution in [1.82, 2.24) is 20.8 Å². The predicted octanol–water partition coefficient (Wildman–Crippen LogP) is -1.58. The molecule has 0 bridgehead atoms. The number of Topliss-reactive ketones (excluding diaryl/α,β-unsaturated/α-hetero) is 1. The van der Waals surface area contributed by atoms with Crippen LogP contribution in [0.15, 0.2) is 12.4 Å². The Balaban J connectivity index is 2.35. The monoisotopic (exact) mass is 297 g/mol. The maximum absolute atomic E-state index is 11.8. The van der Waals surface area contributed by atoms with Gasteiger partial charge in [0.15, 0.2) is 5.78 Å². The lowest BCUT2D eigenvalue weighted by Crippen LogP contribution is -2.51. The molecule has 1 aromatic rings. The highest BCUT2D eigenvalue weighted by Gasteiger charge is 2.21. The highest BCUT2D eigenvalue weighted by Crippen LogP contribution is 1.95. The van der Waals surface area contributed by atoms with Crippen LogP contribution in [0.1, 0.15) is 19.7 Å². The van der Waals surface area contributed by atoms with E-state index in [0.717, 1.165) is 0 Å². The first-order valence-electron chi connectivity index (χ1n) is 6.35. The highest BCUT2D eigenvalue weighted by molar-refractivity contribution is 5.89. The zero-order valence-electron chi connectivity index (χ0n) is 11.9. The first-order valence-corrected chi connectivity index (χ1v) is 6.35. The smallest absolute Gasteiger partial charge is 0.265 e. The SMILES string of the molecule is CC(=O)CONC(=O)[C@H](C)NC(=O)[C@@H](N)Cc1ncc[nH]1. The van der Waals surface area contributed by atoms with Gasteiger partial charge < -0.3 is 16.0 Å². The number of rotatable bonds is 8. The molecule has 2 amide bonds. The van der Waals surface area contributed by atoms with Gasteiger partial charge in [0.2, 0.25) is 5.91 Å². The van der Waals surface area contributed by atoms with Gasteiger partial charge in [-0.2, -0.15) is 0 Å². The summed E-state index contributed by atoms with van der Waals surface area (Å²) in [6.45, 7) is 2.57. The van der Waals surface area contributed by atoms with Crippen LogP contribution in [0.3, 0.4) is 0 Å². The maximum atomic E-state index is 11.8. The minimum atomic E-state index is -0.841. The molecule has 0 spiro atoms. The molecule has 0 radical (unpaired) electrons. The summed E-state index contributed by atoms with van der Waals surface area (Å²) < 4.78 is 0. The van der Waals surface area contributed by atoms with Crippen LogP contribution in [0.5, 0.6) is 0 Å². The van der Waals surface area contributed by atoms with Gasteiger partial charge >= 0.3 is 0 Å². The molecule has 0 aromatic carbocycles. The molecule has 116 valence electrons. The molecule has 0 fully saturated rings. The Kier molecular flexibility index (Phi) is 6.50. The van der Waals surface area contributed by atoms with Crippen molar-refractivity contribution in [2.24, 2.45) is 5.73 Å². The summed E-state index contributed by atoms with van der Waals surface area (Å²) in [7, 11) is 0. The predicted molar refractivity (Wildman–Crippen MR) is 72.6 cm³/mol. The Morgan fingerprint density at radius 1 is 1.43 bits per heavy atom. The second-order valence-electron chi connectivity index (χ2n) is 4.53. The first kappa shape index (κ1) is 16.8. The van der Waals surface area contributed by atoms with Gasteiger partial charge in [-0.1, -0.05) is 0 Å². The van der Waals surface area contributed by atoms with Gasteiger partial charge in [-0.05, 0) is 13.8 Å². The third-order valence-electron chi connectivity index (χ3n) is 2.51. The van der Waals surface area contributed by atoms with E-state index in [1.807, 2.05) is 0 Å². The number of aromatic amines is 1. The number of aromatic nitrogens is 2. The summed E-state index contributed by atoms with van der Waals surface area (Å²) in [5.74, 6) is -0.706. The third kappa shape index (κ3) is 6.15. The molecule has 0 saturated carbocycles. The number of imidazole rings is 1. The van der Waals surface area contributed by atoms with Crippen LogP contribution in [0.2, 0.25) is 0 Å². The van der Waals surface area contributed by atoms with Crippen LogP contribution in [0, 0.1) is 0 Å². The second kappa shape index (κ2) is 8.12. The molecular weight excluding hydrogens is 278 g/mol. The Labute approximate surface area is 121 Å². The van der Waals surface area contributed by atoms with Crippen LogP contribution >= 0.6 is 0 Å². The Morgan fingerprint density at radius 2 is 2.14 bits per heavy atom. The minimum absolute atomic E-state index is 0.229. The van der Waals surface area contributed by atoms with Gasteiger partial charge in [-0.25, -0.2) is 10.5 Å². The molecule has 21 heavy (non-hydrogen) atoms. The molecule has 0 saturated heterocycles. The number of carbonyl (C=O) groups is 3. The zero-order chi connectivity index (χ0) is 15.8. The molecule has 9 heteroatoms. The minimum Gasteiger partial charge on any atom is -0.349 e. The van der Waals surface area contributed by atoms with Crippen molar-refractivity contribution in [3.63, 3.8) is 0 Å². The summed E-state index contributed by atoms with van der Waals surface area (Å²) in [6, 6.07) is -1.67. The van der Waals surface area contributed by atoms with Gasteiger partial charge in [0.05, 0.1) is 6.04 Å². The second-order valence-corrected chi connectivity index (χ2v) is 4.53. The number of hydrogen-bond acceptors (Lipinski definition) is 6. The topological polar surface area (TPSA) is 139 Å². The summed E-state index contributed by atoms with van der Waals surface area (Å²) in [4.78, 5) is 45.5. The molecule has 0 aliphatic rings. The number of hydrogen-bond donors (Lipinski definition) is 4. The van der Waals surface area contributed by atoms with E-state index in [1.54, 1.807) is 12.4 Å². The third-order valence-corrected chi connectivity index (χ3v) is 2.51. The average molecular weight is 297 g/mol. The fourth-order valence-electron chi connectivity index (χ4n) is 1.39. The van der Waals surface area contributed by atoms with Crippen molar-refractivity contribution in [1.29, 1.82) is 0 Å². The molecule has 0 aliphatic carbocycles. The highest BCUT2D eigenvalue weighted by atomic mass is 16.7. The lowest BCUT2D eigenvalue weighted by Gasteiger charge is -2.16. The Bertz CT molecular complexity index is 488. The van der Waals surface area contributed by atoms with Crippen LogP contribution in [-0.4, -0.2) is 46.3 Å². The number of amides is 2. The standard InChI is InChI=1S/C12H19N5O4/c1-7(18)6-21-17-11(19)8(2)16-12(20)9(13)5-10-14-3-4-15-10/h3-4,8-9H,5-6,13H2,1-2H3,(H,14,15)(H,16,20)(H,17,19)/t8-,9-/m0/s1. The van der Waals surface area contributed by atoms with Gasteiger partial charge in [0.25, 0.3) is 5.91 Å². The van der Waals surface area contributed by atoms with E-state index in [0.29, 0.717) is 5.82 Å². The van der Waals surface area contributed by atoms with Gasteiger partial charge in [0.1, 0.15) is 18.5 Å². The maximum Gasteiger partial charge on any atom is 0.265 e. The zero-order valence-corrected chi connectivity index (χ0v) is 11.9. The normalized spacial score (nSPS) is 13.3. The average Bonchev–Trinajstić information content (AvgIpc) is 2.90. The molecule has 5 N–H and O–H groups in total. The van der Waals surface area contributed by atoms with E-state index in [2.05, 4.69) is 25.6 Å². The number of ketones is 1. The van der Waals surface area contributed by atoms with Gasteiger partial charge in [0, 0.05) is 18.8 Å². The van der Waals surface area contributed by atoms with E-state index >= 15 is 0 Å². The van der Waals surface area contributed by atoms with Crippen LogP contribution in [-0.2, 0) is 25.6 Å². The lowest BCUT2D eigenvalue weighted by atomic mass is 10.2. The molecule has 0 aliphatic heterocycles. The number of carbonyl (C=O) groups excluding carboxylic acids is 3. The van der Waals surface area contributed by atoms with E-state index in [9.17, 15) is 14.4 Å². The summed E-state index contributed by atoms with van der Waals surface area (Å²) in [5.41, 5.74) is 7.79. The largest absolute Gasteiger partial charge is 0.349 e. The van der Waals surface area contributed by atoms with Crippen molar-refractivity contribution in [2.75, 3.05) is 6.61 Å². The first-order chi connectivity index (χ1) is 9.90. The fraction of sp³-hybridized carbons (Fsp3) is 0.500. The molecule has 1 heterocycles. The van der Waals surface area contributed by atoms with Crippen molar-refractivity contribution in [2.45, 2.75) is 32.4 Å². The Hall–Kier alpha value is -2.26. The van der Waals surface area contributed by atoms with E-state index in [4.69, 9.17) is 5.73 Å². The van der Waals surface area contributed by atoms with Crippen molar-refractivity contribution >= 4 is 17.6 Å². The molecule has 0 unspecified atom stereocenters. The summed E-state index contributed by atoms with van der Waals surface area (Å²) in [6.07, 6.45) is 3.42. The van der Waals surface area contributed by atoms with Crippen LogP contribution < -0.4 is 16.5 Å². The van der Waals surface area contributed by atoms with Gasteiger partial charge in [-0.3, -0.25) is 19.2 Å². The number of nitrogens with two attached hydrogens (primary N) is 1. The summed E-state index contributed by atoms with van der Waals surface area (Å²) in [5, 5.41) is 2.45. The van der Waals surface area contributed by atoms with Crippen LogP contribution in [0.4, 0.5) is 0 Å².